The first kappa shape index (κ1) is 23.0. The number of amidine groups is 2. The van der Waals surface area contributed by atoms with Gasteiger partial charge in [-0.05, 0) is 66.9 Å². The molecule has 3 heterocycles. The van der Waals surface area contributed by atoms with Crippen molar-refractivity contribution in [3.63, 3.8) is 0 Å². The topological polar surface area (TPSA) is 83.0 Å². The van der Waals surface area contributed by atoms with Gasteiger partial charge < -0.3 is 9.30 Å². The van der Waals surface area contributed by atoms with Crippen molar-refractivity contribution in [1.82, 2.24) is 9.58 Å². The van der Waals surface area contributed by atoms with E-state index < -0.39 is 5.91 Å². The van der Waals surface area contributed by atoms with E-state index in [0.29, 0.717) is 10.2 Å². The van der Waals surface area contributed by atoms with Crippen molar-refractivity contribution in [2.75, 3.05) is 6.61 Å². The molecule has 0 bridgehead atoms. The summed E-state index contributed by atoms with van der Waals surface area (Å²) in [4.78, 5) is 17.2. The van der Waals surface area contributed by atoms with Crippen molar-refractivity contribution in [2.45, 2.75) is 13.8 Å². The summed E-state index contributed by atoms with van der Waals surface area (Å²) >= 11 is 1.25. The van der Waals surface area contributed by atoms with Crippen LogP contribution in [0, 0.1) is 19.3 Å². The number of benzene rings is 3. The summed E-state index contributed by atoms with van der Waals surface area (Å²) in [5.74, 6) is 0.289. The summed E-state index contributed by atoms with van der Waals surface area (Å²) in [6.45, 7) is 4.30. The number of nitrogens with one attached hydrogen (secondary N) is 1. The van der Waals surface area contributed by atoms with Crippen LogP contribution in [0.5, 0.6) is 5.75 Å². The van der Waals surface area contributed by atoms with Crippen LogP contribution in [0.2, 0.25) is 0 Å². The lowest BCUT2D eigenvalue weighted by molar-refractivity contribution is -0.114. The Kier molecular flexibility index (Phi) is 5.73. The number of hydrazone groups is 1. The number of fused-ring (bicyclic) bond motifs is 2. The number of nitrogens with zero attached hydrogens (tertiary/aromatic N) is 4. The molecule has 0 saturated carbocycles. The van der Waals surface area contributed by atoms with Crippen molar-refractivity contribution in [1.29, 1.82) is 5.41 Å². The van der Waals surface area contributed by atoms with Gasteiger partial charge in [-0.1, -0.05) is 54.6 Å². The molecule has 0 unspecified atom stereocenters. The van der Waals surface area contributed by atoms with Crippen molar-refractivity contribution in [2.24, 2.45) is 10.1 Å². The summed E-state index contributed by atoms with van der Waals surface area (Å²) in [7, 11) is 0. The third-order valence-electron chi connectivity index (χ3n) is 6.38. The van der Waals surface area contributed by atoms with Gasteiger partial charge in [0.25, 0.3) is 5.91 Å². The number of aliphatic imine (C=N–C) groups is 1. The van der Waals surface area contributed by atoms with E-state index >= 15 is 0 Å². The minimum atomic E-state index is -0.445. The van der Waals surface area contributed by atoms with Gasteiger partial charge in [0, 0.05) is 16.8 Å². The Morgan fingerprint density at radius 3 is 2.59 bits per heavy atom. The minimum absolute atomic E-state index is 0.00664. The van der Waals surface area contributed by atoms with Crippen LogP contribution < -0.4 is 4.74 Å². The molecule has 0 fully saturated rings. The second-order valence-corrected chi connectivity index (χ2v) is 9.82. The van der Waals surface area contributed by atoms with E-state index in [4.69, 9.17) is 10.1 Å². The number of amides is 1. The van der Waals surface area contributed by atoms with Gasteiger partial charge in [0.2, 0.25) is 5.17 Å². The first-order chi connectivity index (χ1) is 18.0. The number of para-hydroxylation sites is 1. The highest BCUT2D eigenvalue weighted by molar-refractivity contribution is 8.27. The number of hydrogen-bond acceptors (Lipinski definition) is 5. The first-order valence-corrected chi connectivity index (χ1v) is 12.7. The van der Waals surface area contributed by atoms with Gasteiger partial charge in [-0.2, -0.15) is 15.1 Å². The molecule has 0 aliphatic carbocycles. The fraction of sp³-hybridized carbons (Fsp3) is 0.103. The largest absolute Gasteiger partial charge is 0.487 e. The van der Waals surface area contributed by atoms with Gasteiger partial charge in [-0.15, -0.1) is 0 Å². The summed E-state index contributed by atoms with van der Waals surface area (Å²) in [5.41, 5.74) is 4.16. The number of hydrogen-bond donors (Lipinski definition) is 1. The van der Waals surface area contributed by atoms with Crippen LogP contribution in [0.4, 0.5) is 0 Å². The zero-order chi connectivity index (χ0) is 25.5. The van der Waals surface area contributed by atoms with Crippen LogP contribution in [0.25, 0.3) is 22.5 Å². The molecule has 3 aromatic carbocycles. The Labute approximate surface area is 218 Å². The first-order valence-electron chi connectivity index (χ1n) is 11.8. The number of rotatable bonds is 5. The van der Waals surface area contributed by atoms with E-state index in [1.165, 1.54) is 16.8 Å². The molecule has 1 N–H and O–H groups in total. The molecule has 182 valence electrons. The predicted molar refractivity (Wildman–Crippen MR) is 150 cm³/mol. The molecule has 2 aliphatic heterocycles. The highest BCUT2D eigenvalue weighted by Gasteiger charge is 2.36. The number of carbonyl (C=O) groups excluding carboxylic acids is 1. The second kappa shape index (κ2) is 9.22. The van der Waals surface area contributed by atoms with Crippen LogP contribution in [0.1, 0.15) is 17.0 Å². The molecule has 4 aromatic rings. The molecule has 0 atom stereocenters. The average Bonchev–Trinajstić information content (AvgIpc) is 3.45. The fourth-order valence-corrected chi connectivity index (χ4v) is 5.41. The molecule has 1 amide bonds. The van der Waals surface area contributed by atoms with Crippen LogP contribution in [-0.4, -0.2) is 38.1 Å². The summed E-state index contributed by atoms with van der Waals surface area (Å²) in [6, 6.07) is 26.0. The SMILES string of the molecule is Cc1cc(/C=C2\C(=N)N3N=C(COc4ccccc4)SC3=NC2=O)c(C)n1-c1cccc2ccccc12. The van der Waals surface area contributed by atoms with Crippen molar-refractivity contribution in [3.05, 3.63) is 101 Å². The number of aromatic nitrogens is 1. The number of aryl methyl sites for hydroxylation is 1. The normalized spacial score (nSPS) is 16.3. The van der Waals surface area contributed by atoms with E-state index in [-0.39, 0.29) is 18.0 Å². The highest BCUT2D eigenvalue weighted by Crippen LogP contribution is 2.31. The van der Waals surface area contributed by atoms with Gasteiger partial charge in [-0.3, -0.25) is 10.2 Å². The average molecular weight is 506 g/mol. The van der Waals surface area contributed by atoms with Gasteiger partial charge >= 0.3 is 0 Å². The summed E-state index contributed by atoms with van der Waals surface area (Å²) in [6.07, 6.45) is 1.74. The van der Waals surface area contributed by atoms with Crippen molar-refractivity contribution < 1.29 is 9.53 Å². The van der Waals surface area contributed by atoms with E-state index in [1.807, 2.05) is 68.4 Å². The second-order valence-electron chi connectivity index (χ2n) is 8.78. The molecule has 0 spiro atoms. The molecule has 37 heavy (non-hydrogen) atoms. The lowest BCUT2D eigenvalue weighted by Gasteiger charge is -2.20. The maximum atomic E-state index is 13.0. The van der Waals surface area contributed by atoms with E-state index in [0.717, 1.165) is 39.2 Å². The molecular formula is C29H23N5O2S. The van der Waals surface area contributed by atoms with Gasteiger partial charge in [-0.25, -0.2) is 0 Å². The van der Waals surface area contributed by atoms with E-state index in [2.05, 4.69) is 38.9 Å². The molecule has 0 saturated heterocycles. The zero-order valence-electron chi connectivity index (χ0n) is 20.3. The standard InChI is InChI=1S/C29H23N5O2S/c1-18-15-21(19(2)33(18)25-14-8-10-20-9-6-7-13-23(20)25)16-24-27(30)34-29(31-28(24)35)37-26(32-34)17-36-22-11-4-3-5-12-22/h3-16,30H,17H2,1-2H3/b24-16+,30-27?. The Balaban J connectivity index is 1.31. The molecule has 2 aliphatic rings. The minimum Gasteiger partial charge on any atom is -0.487 e. The Morgan fingerprint density at radius 2 is 1.76 bits per heavy atom. The predicted octanol–water partition coefficient (Wildman–Crippen LogP) is 5.95. The highest BCUT2D eigenvalue weighted by atomic mass is 32.2. The molecule has 0 radical (unpaired) electrons. The van der Waals surface area contributed by atoms with Crippen LogP contribution in [-0.2, 0) is 4.79 Å². The molecule has 8 heteroatoms. The lowest BCUT2D eigenvalue weighted by Crippen LogP contribution is -2.35. The smallest absolute Gasteiger partial charge is 0.283 e. The van der Waals surface area contributed by atoms with E-state index in [1.54, 1.807) is 6.08 Å². The summed E-state index contributed by atoms with van der Waals surface area (Å²) < 4.78 is 7.96. The number of thioether (sulfide) groups is 1. The fourth-order valence-electron chi connectivity index (χ4n) is 4.62. The number of ether oxygens (including phenoxy) is 1. The van der Waals surface area contributed by atoms with Gasteiger partial charge in [0.15, 0.2) is 5.84 Å². The third kappa shape index (κ3) is 4.15. The zero-order valence-corrected chi connectivity index (χ0v) is 21.1. The quantitative estimate of drug-likeness (QED) is 0.340. The monoisotopic (exact) mass is 505 g/mol. The van der Waals surface area contributed by atoms with Crippen LogP contribution in [0.3, 0.4) is 0 Å². The Morgan fingerprint density at radius 1 is 1.00 bits per heavy atom. The third-order valence-corrected chi connectivity index (χ3v) is 7.26. The van der Waals surface area contributed by atoms with Crippen LogP contribution in [0.15, 0.2) is 94.5 Å². The van der Waals surface area contributed by atoms with Gasteiger partial charge in [0.05, 0.1) is 11.3 Å². The van der Waals surface area contributed by atoms with Crippen LogP contribution >= 0.6 is 11.8 Å². The number of carbonyl (C=O) groups is 1. The molecular weight excluding hydrogens is 482 g/mol. The maximum Gasteiger partial charge on any atom is 0.283 e. The van der Waals surface area contributed by atoms with E-state index in [9.17, 15) is 4.79 Å². The lowest BCUT2D eigenvalue weighted by atomic mass is 10.1. The maximum absolute atomic E-state index is 13.0. The Hall–Kier alpha value is -4.43. The molecule has 6 rings (SSSR count). The van der Waals surface area contributed by atoms with Crippen molar-refractivity contribution in [3.8, 4) is 11.4 Å². The van der Waals surface area contributed by atoms with Gasteiger partial charge in [0.1, 0.15) is 17.4 Å². The molecule has 7 nitrogen and oxygen atoms in total. The Bertz CT molecular complexity index is 1660. The summed E-state index contributed by atoms with van der Waals surface area (Å²) in [5, 5.41) is 18.0. The molecule has 1 aromatic heterocycles. The van der Waals surface area contributed by atoms with Crippen molar-refractivity contribution >= 4 is 50.6 Å².